The van der Waals surface area contributed by atoms with E-state index in [-0.39, 0.29) is 18.3 Å². The molecule has 0 bridgehead atoms. The molecule has 0 spiro atoms. The first-order valence-electron chi connectivity index (χ1n) is 6.33. The van der Waals surface area contributed by atoms with Gasteiger partial charge in [0.05, 0.1) is 12.1 Å². The molecular formula is C14H23ClN2O2. The van der Waals surface area contributed by atoms with E-state index in [2.05, 4.69) is 6.58 Å². The second-order valence-electron chi connectivity index (χ2n) is 4.37. The number of amides is 1. The van der Waals surface area contributed by atoms with Crippen LogP contribution in [-0.2, 0) is 6.54 Å². The smallest absolute Gasteiger partial charge is 0.256 e. The van der Waals surface area contributed by atoms with Crippen LogP contribution in [0.4, 0.5) is 0 Å². The maximum Gasteiger partial charge on any atom is 0.256 e. The summed E-state index contributed by atoms with van der Waals surface area (Å²) in [6.45, 7) is 4.77. The normalized spacial score (nSPS) is 9.79. The third kappa shape index (κ3) is 5.94. The molecule has 2 N–H and O–H groups in total. The van der Waals surface area contributed by atoms with Crippen molar-refractivity contribution in [1.82, 2.24) is 4.90 Å². The molecule has 4 nitrogen and oxygen atoms in total. The van der Waals surface area contributed by atoms with Crippen LogP contribution in [0.15, 0.2) is 29.4 Å². The molecule has 0 saturated heterocycles. The number of nitrogens with two attached hydrogens (primary N) is 1. The van der Waals surface area contributed by atoms with E-state index in [1.165, 1.54) is 6.26 Å². The van der Waals surface area contributed by atoms with Crippen LogP contribution in [0, 0.1) is 0 Å². The Morgan fingerprint density at radius 1 is 1.47 bits per heavy atom. The summed E-state index contributed by atoms with van der Waals surface area (Å²) in [4.78, 5) is 13.7. The summed E-state index contributed by atoms with van der Waals surface area (Å²) in [5, 5.41) is 0. The van der Waals surface area contributed by atoms with Crippen LogP contribution in [0.1, 0.15) is 41.8 Å². The molecule has 1 aromatic heterocycles. The third-order valence-corrected chi connectivity index (χ3v) is 2.85. The average Bonchev–Trinajstić information content (AvgIpc) is 2.86. The van der Waals surface area contributed by atoms with Gasteiger partial charge in [-0.25, -0.2) is 0 Å². The Labute approximate surface area is 121 Å². The number of hydrogen-bond acceptors (Lipinski definition) is 3. The predicted octanol–water partition coefficient (Wildman–Crippen LogP) is 2.98. The van der Waals surface area contributed by atoms with Gasteiger partial charge in [-0.3, -0.25) is 4.79 Å². The number of hydrogen-bond donors (Lipinski definition) is 1. The van der Waals surface area contributed by atoms with E-state index in [9.17, 15) is 4.79 Å². The fourth-order valence-corrected chi connectivity index (χ4v) is 1.74. The summed E-state index contributed by atoms with van der Waals surface area (Å²) < 4.78 is 5.16. The zero-order valence-electron chi connectivity index (χ0n) is 11.4. The Hall–Kier alpha value is -1.26. The highest BCUT2D eigenvalue weighted by atomic mass is 35.5. The van der Waals surface area contributed by atoms with Gasteiger partial charge in [0.1, 0.15) is 12.0 Å². The second-order valence-corrected chi connectivity index (χ2v) is 4.37. The average molecular weight is 287 g/mol. The van der Waals surface area contributed by atoms with Crippen molar-refractivity contribution in [2.45, 2.75) is 32.2 Å². The monoisotopic (exact) mass is 286 g/mol. The van der Waals surface area contributed by atoms with E-state index in [4.69, 9.17) is 10.2 Å². The number of rotatable bonds is 8. The second kappa shape index (κ2) is 9.64. The van der Waals surface area contributed by atoms with Crippen LogP contribution >= 0.6 is 12.4 Å². The van der Waals surface area contributed by atoms with Crippen LogP contribution in [0.25, 0.3) is 0 Å². The Morgan fingerprint density at radius 3 is 2.79 bits per heavy atom. The molecule has 0 saturated carbocycles. The summed E-state index contributed by atoms with van der Waals surface area (Å²) >= 11 is 0. The summed E-state index contributed by atoms with van der Waals surface area (Å²) in [5.41, 5.74) is 6.01. The molecule has 1 aromatic rings. The van der Waals surface area contributed by atoms with Crippen molar-refractivity contribution in [3.05, 3.63) is 36.3 Å². The Kier molecular flexibility index (Phi) is 9.00. The van der Waals surface area contributed by atoms with Gasteiger partial charge >= 0.3 is 0 Å². The quantitative estimate of drug-likeness (QED) is 0.590. The Balaban J connectivity index is 0.00000324. The number of nitrogens with zero attached hydrogens (tertiary/aromatic N) is 1. The first-order valence-corrected chi connectivity index (χ1v) is 6.33. The van der Waals surface area contributed by atoms with Crippen molar-refractivity contribution in [2.75, 3.05) is 13.6 Å². The number of unbranched alkanes of at least 4 members (excludes halogenated alkanes) is 3. The first kappa shape index (κ1) is 17.7. The fourth-order valence-electron chi connectivity index (χ4n) is 1.74. The zero-order chi connectivity index (χ0) is 13.4. The maximum absolute atomic E-state index is 12.0. The van der Waals surface area contributed by atoms with Gasteiger partial charge in [0.25, 0.3) is 5.91 Å². The lowest BCUT2D eigenvalue weighted by Gasteiger charge is -2.15. The first-order chi connectivity index (χ1) is 8.69. The molecule has 1 rings (SSSR count). The fraction of sp³-hybridized carbons (Fsp3) is 0.500. The van der Waals surface area contributed by atoms with Crippen molar-refractivity contribution < 1.29 is 9.21 Å². The van der Waals surface area contributed by atoms with Gasteiger partial charge in [-0.15, -0.1) is 19.0 Å². The van der Waals surface area contributed by atoms with Gasteiger partial charge < -0.3 is 15.1 Å². The van der Waals surface area contributed by atoms with Gasteiger partial charge in [-0.2, -0.15) is 0 Å². The minimum atomic E-state index is -0.0119. The van der Waals surface area contributed by atoms with Crippen LogP contribution < -0.4 is 5.73 Å². The number of carbonyl (C=O) groups is 1. The molecule has 1 amide bonds. The topological polar surface area (TPSA) is 59.5 Å². The minimum absolute atomic E-state index is 0. The summed E-state index contributed by atoms with van der Waals surface area (Å²) in [6, 6.07) is 1.70. The molecule has 0 aliphatic rings. The van der Waals surface area contributed by atoms with Crippen LogP contribution in [0.3, 0.4) is 0 Å². The molecule has 1 heterocycles. The molecular weight excluding hydrogens is 264 g/mol. The van der Waals surface area contributed by atoms with E-state index in [1.54, 1.807) is 11.0 Å². The van der Waals surface area contributed by atoms with Gasteiger partial charge in [-0.05, 0) is 25.3 Å². The lowest BCUT2D eigenvalue weighted by atomic mass is 10.2. The highest BCUT2D eigenvalue weighted by Gasteiger charge is 2.13. The molecule has 19 heavy (non-hydrogen) atoms. The van der Waals surface area contributed by atoms with E-state index in [0.717, 1.165) is 32.2 Å². The van der Waals surface area contributed by atoms with Crippen LogP contribution in [-0.4, -0.2) is 24.4 Å². The molecule has 0 atom stereocenters. The van der Waals surface area contributed by atoms with Crippen molar-refractivity contribution in [2.24, 2.45) is 5.73 Å². The Morgan fingerprint density at radius 2 is 2.21 bits per heavy atom. The highest BCUT2D eigenvalue weighted by molar-refractivity contribution is 5.93. The largest absolute Gasteiger partial charge is 0.467 e. The van der Waals surface area contributed by atoms with Gasteiger partial charge in [0.15, 0.2) is 0 Å². The SMILES string of the molecule is C=CCCCCCN(C)C(=O)c1coc(CN)c1.Cl. The van der Waals surface area contributed by atoms with E-state index >= 15 is 0 Å². The van der Waals surface area contributed by atoms with Crippen LogP contribution in [0.5, 0.6) is 0 Å². The molecule has 0 aliphatic heterocycles. The lowest BCUT2D eigenvalue weighted by Crippen LogP contribution is -2.27. The summed E-state index contributed by atoms with van der Waals surface area (Å²) in [5.74, 6) is 0.625. The Bertz CT molecular complexity index is 391. The number of furan rings is 1. The van der Waals surface area contributed by atoms with Crippen molar-refractivity contribution in [3.63, 3.8) is 0 Å². The molecule has 0 aliphatic carbocycles. The highest BCUT2D eigenvalue weighted by Crippen LogP contribution is 2.10. The number of halogens is 1. The predicted molar refractivity (Wildman–Crippen MR) is 79.5 cm³/mol. The molecule has 0 radical (unpaired) electrons. The van der Waals surface area contributed by atoms with Gasteiger partial charge in [0, 0.05) is 13.6 Å². The number of carbonyl (C=O) groups excluding carboxylic acids is 1. The molecule has 0 aromatic carbocycles. The van der Waals surface area contributed by atoms with E-state index < -0.39 is 0 Å². The minimum Gasteiger partial charge on any atom is -0.467 e. The van der Waals surface area contributed by atoms with Gasteiger partial charge in [-0.1, -0.05) is 12.5 Å². The van der Waals surface area contributed by atoms with Crippen molar-refractivity contribution in [3.8, 4) is 0 Å². The maximum atomic E-state index is 12.0. The van der Waals surface area contributed by atoms with Crippen LogP contribution in [0.2, 0.25) is 0 Å². The summed E-state index contributed by atoms with van der Waals surface area (Å²) in [7, 11) is 1.81. The van der Waals surface area contributed by atoms with E-state index in [1.807, 2.05) is 13.1 Å². The van der Waals surface area contributed by atoms with Crippen molar-refractivity contribution in [1.29, 1.82) is 0 Å². The number of allylic oxidation sites excluding steroid dienone is 1. The van der Waals surface area contributed by atoms with Crippen molar-refractivity contribution >= 4 is 18.3 Å². The lowest BCUT2D eigenvalue weighted by molar-refractivity contribution is 0.0792. The van der Waals surface area contributed by atoms with Gasteiger partial charge in [0.2, 0.25) is 0 Å². The van der Waals surface area contributed by atoms with E-state index in [0.29, 0.717) is 17.9 Å². The summed E-state index contributed by atoms with van der Waals surface area (Å²) in [6.07, 6.45) is 7.70. The molecule has 5 heteroatoms. The molecule has 0 unspecified atom stereocenters. The molecule has 0 fully saturated rings. The third-order valence-electron chi connectivity index (χ3n) is 2.85. The molecule has 108 valence electrons. The standard InChI is InChI=1S/C14H22N2O2.ClH/c1-3-4-5-6-7-8-16(2)14(17)12-9-13(10-15)18-11-12;/h3,9,11H,1,4-8,10,15H2,2H3;1H. The zero-order valence-corrected chi connectivity index (χ0v) is 12.2.